The molecule has 0 unspecified atom stereocenters. The summed E-state index contributed by atoms with van der Waals surface area (Å²) in [7, 11) is -3.58. The van der Waals surface area contributed by atoms with Crippen LogP contribution in [0.1, 0.15) is 27.2 Å². The minimum Gasteiger partial charge on any atom is -0.345 e. The molecule has 1 aliphatic heterocycles. The van der Waals surface area contributed by atoms with Gasteiger partial charge in [0.05, 0.1) is 22.1 Å². The zero-order valence-electron chi connectivity index (χ0n) is 13.9. The van der Waals surface area contributed by atoms with E-state index in [-0.39, 0.29) is 16.2 Å². The predicted octanol–water partition coefficient (Wildman–Crippen LogP) is 2.33. The largest absolute Gasteiger partial charge is 0.345 e. The molecule has 0 aliphatic carbocycles. The summed E-state index contributed by atoms with van der Waals surface area (Å²) < 4.78 is 38.0. The third kappa shape index (κ3) is 3.48. The van der Waals surface area contributed by atoms with Crippen LogP contribution in [0.4, 0.5) is 0 Å². The molecular formula is C16H22N2O4S2. The molecule has 24 heavy (non-hydrogen) atoms. The van der Waals surface area contributed by atoms with E-state index in [1.165, 1.54) is 11.3 Å². The molecule has 0 radical (unpaired) electrons. The number of benzene rings is 1. The van der Waals surface area contributed by atoms with Gasteiger partial charge in [0, 0.05) is 6.04 Å². The lowest BCUT2D eigenvalue weighted by Gasteiger charge is -2.22. The number of rotatable bonds is 5. The highest BCUT2D eigenvalue weighted by molar-refractivity contribution is 7.93. The van der Waals surface area contributed by atoms with Crippen LogP contribution < -0.4 is 5.73 Å². The van der Waals surface area contributed by atoms with Crippen LogP contribution >= 0.6 is 11.3 Å². The molecule has 1 aromatic carbocycles. The van der Waals surface area contributed by atoms with Gasteiger partial charge < -0.3 is 15.2 Å². The Kier molecular flexibility index (Phi) is 4.69. The summed E-state index contributed by atoms with van der Waals surface area (Å²) in [6.07, 6.45) is 0.0536. The Balaban J connectivity index is 1.81. The number of thiazole rings is 1. The molecule has 1 aromatic heterocycles. The third-order valence-corrected chi connectivity index (χ3v) is 7.29. The third-order valence-electron chi connectivity index (χ3n) is 4.00. The average Bonchev–Trinajstić information content (AvgIpc) is 3.07. The van der Waals surface area contributed by atoms with Crippen molar-refractivity contribution in [3.8, 4) is 0 Å². The number of fused-ring (bicyclic) bond motifs is 1. The molecule has 0 saturated carbocycles. The summed E-state index contributed by atoms with van der Waals surface area (Å²) in [6, 6.07) is 6.68. The van der Waals surface area contributed by atoms with E-state index in [1.807, 2.05) is 39.0 Å². The van der Waals surface area contributed by atoms with Crippen molar-refractivity contribution >= 4 is 31.4 Å². The molecule has 3 rings (SSSR count). The number of para-hydroxylation sites is 1. The summed E-state index contributed by atoms with van der Waals surface area (Å²) >= 11 is 1.17. The number of hydrogen-bond donors (Lipinski definition) is 1. The second-order valence-corrected chi connectivity index (χ2v) is 9.68. The van der Waals surface area contributed by atoms with Crippen molar-refractivity contribution in [3.05, 3.63) is 24.3 Å². The summed E-state index contributed by atoms with van der Waals surface area (Å²) in [5.74, 6) is -0.962. The van der Waals surface area contributed by atoms with Gasteiger partial charge in [0.1, 0.15) is 6.10 Å². The molecule has 1 aliphatic rings. The van der Waals surface area contributed by atoms with E-state index in [0.29, 0.717) is 11.9 Å². The van der Waals surface area contributed by atoms with Gasteiger partial charge >= 0.3 is 0 Å². The first kappa shape index (κ1) is 17.8. The zero-order valence-corrected chi connectivity index (χ0v) is 15.6. The number of nitrogens with zero attached hydrogens (tertiary/aromatic N) is 1. The van der Waals surface area contributed by atoms with Crippen molar-refractivity contribution in [2.24, 2.45) is 5.73 Å². The minimum absolute atomic E-state index is 0.102. The van der Waals surface area contributed by atoms with Gasteiger partial charge in [-0.3, -0.25) is 0 Å². The van der Waals surface area contributed by atoms with Gasteiger partial charge in [-0.15, -0.1) is 11.3 Å². The highest BCUT2D eigenvalue weighted by Crippen LogP contribution is 2.32. The van der Waals surface area contributed by atoms with Gasteiger partial charge in [-0.25, -0.2) is 13.4 Å². The van der Waals surface area contributed by atoms with Crippen LogP contribution in [0, 0.1) is 0 Å². The lowest BCUT2D eigenvalue weighted by Crippen LogP contribution is -2.45. The maximum absolute atomic E-state index is 12.7. The quantitative estimate of drug-likeness (QED) is 0.868. The summed E-state index contributed by atoms with van der Waals surface area (Å²) in [5.41, 5.74) is 6.86. The lowest BCUT2D eigenvalue weighted by molar-refractivity contribution is -0.147. The standard InChI is InChI=1S/C16H22N2O4S2/c1-4-12-14(22-16(2,3)21-12)10(17)9-24(19,20)15-18-11-7-5-6-8-13(11)23-15/h5-8,10,12,14H,4,9,17H2,1-3H3/t10-,12+,14-/m0/s1. The van der Waals surface area contributed by atoms with Crippen LogP contribution in [0.15, 0.2) is 28.6 Å². The monoisotopic (exact) mass is 370 g/mol. The van der Waals surface area contributed by atoms with Gasteiger partial charge in [0.25, 0.3) is 0 Å². The molecule has 2 N–H and O–H groups in total. The molecule has 1 saturated heterocycles. The highest BCUT2D eigenvalue weighted by atomic mass is 32.2. The van der Waals surface area contributed by atoms with Crippen LogP contribution in [-0.2, 0) is 19.3 Å². The average molecular weight is 370 g/mol. The Morgan fingerprint density at radius 2 is 2.04 bits per heavy atom. The Morgan fingerprint density at radius 3 is 2.71 bits per heavy atom. The summed E-state index contributed by atoms with van der Waals surface area (Å²) in [6.45, 7) is 5.59. The van der Waals surface area contributed by atoms with Gasteiger partial charge in [0.15, 0.2) is 5.79 Å². The van der Waals surface area contributed by atoms with Crippen LogP contribution in [0.25, 0.3) is 10.2 Å². The van der Waals surface area contributed by atoms with E-state index in [4.69, 9.17) is 15.2 Å². The van der Waals surface area contributed by atoms with Crippen LogP contribution in [0.2, 0.25) is 0 Å². The lowest BCUT2D eigenvalue weighted by atomic mass is 10.1. The molecular weight excluding hydrogens is 348 g/mol. The number of hydrogen-bond acceptors (Lipinski definition) is 7. The molecule has 6 nitrogen and oxygen atoms in total. The maximum atomic E-state index is 12.7. The van der Waals surface area contributed by atoms with Crippen molar-refractivity contribution in [3.63, 3.8) is 0 Å². The number of aromatic nitrogens is 1. The highest BCUT2D eigenvalue weighted by Gasteiger charge is 2.44. The first-order valence-corrected chi connectivity index (χ1v) is 10.4. The van der Waals surface area contributed by atoms with Crippen molar-refractivity contribution in [1.29, 1.82) is 0 Å². The Labute approximate surface area is 145 Å². The summed E-state index contributed by atoms with van der Waals surface area (Å²) in [5, 5.41) is 0. The molecule has 0 amide bonds. The normalized spacial score (nSPS) is 25.2. The second-order valence-electron chi connectivity index (χ2n) is 6.44. The van der Waals surface area contributed by atoms with E-state index < -0.39 is 27.8 Å². The molecule has 2 heterocycles. The van der Waals surface area contributed by atoms with Crippen molar-refractivity contribution in [2.75, 3.05) is 5.75 Å². The Morgan fingerprint density at radius 1 is 1.33 bits per heavy atom. The Hall–Kier alpha value is -1.06. The van der Waals surface area contributed by atoms with E-state index in [0.717, 1.165) is 4.70 Å². The van der Waals surface area contributed by atoms with Crippen molar-refractivity contribution < 1.29 is 17.9 Å². The van der Waals surface area contributed by atoms with E-state index in [2.05, 4.69) is 4.98 Å². The van der Waals surface area contributed by atoms with Crippen LogP contribution in [0.5, 0.6) is 0 Å². The molecule has 0 spiro atoms. The van der Waals surface area contributed by atoms with Gasteiger partial charge in [-0.2, -0.15) is 0 Å². The summed E-state index contributed by atoms with van der Waals surface area (Å²) in [4.78, 5) is 4.23. The molecule has 0 bridgehead atoms. The minimum atomic E-state index is -3.58. The van der Waals surface area contributed by atoms with Gasteiger partial charge in [-0.1, -0.05) is 19.1 Å². The molecule has 1 fully saturated rings. The fourth-order valence-electron chi connectivity index (χ4n) is 2.95. The van der Waals surface area contributed by atoms with E-state index in [1.54, 1.807) is 6.07 Å². The smallest absolute Gasteiger partial charge is 0.210 e. The SMILES string of the molecule is CC[C@H]1OC(C)(C)O[C@H]1[C@@H](N)CS(=O)(=O)c1nc2ccccc2s1. The number of sulfone groups is 1. The maximum Gasteiger partial charge on any atom is 0.210 e. The molecule has 132 valence electrons. The molecule has 8 heteroatoms. The number of ether oxygens (including phenoxy) is 2. The molecule has 3 atom stereocenters. The zero-order chi connectivity index (χ0) is 17.5. The number of nitrogens with two attached hydrogens (primary N) is 1. The van der Waals surface area contributed by atoms with Gasteiger partial charge in [0.2, 0.25) is 14.2 Å². The van der Waals surface area contributed by atoms with Crippen molar-refractivity contribution in [1.82, 2.24) is 4.98 Å². The first-order valence-electron chi connectivity index (χ1n) is 7.91. The van der Waals surface area contributed by atoms with Crippen molar-refractivity contribution in [2.45, 2.75) is 55.6 Å². The van der Waals surface area contributed by atoms with Crippen LogP contribution in [-0.4, -0.2) is 43.2 Å². The Bertz CT molecular complexity index is 798. The fourth-order valence-corrected chi connectivity index (χ4v) is 5.70. The van der Waals surface area contributed by atoms with Crippen LogP contribution in [0.3, 0.4) is 0 Å². The second kappa shape index (κ2) is 6.34. The topological polar surface area (TPSA) is 91.5 Å². The van der Waals surface area contributed by atoms with E-state index in [9.17, 15) is 8.42 Å². The fraction of sp³-hybridized carbons (Fsp3) is 0.562. The first-order chi connectivity index (χ1) is 11.2. The van der Waals surface area contributed by atoms with E-state index >= 15 is 0 Å². The predicted molar refractivity (Wildman–Crippen MR) is 93.8 cm³/mol. The molecule has 2 aromatic rings. The van der Waals surface area contributed by atoms with Gasteiger partial charge in [-0.05, 0) is 32.4 Å².